The Hall–Kier alpha value is -2.01. The lowest BCUT2D eigenvalue weighted by Crippen LogP contribution is -2.15. The summed E-state index contributed by atoms with van der Waals surface area (Å²) in [7, 11) is 1.84. The van der Waals surface area contributed by atoms with Gasteiger partial charge in [-0.05, 0) is 18.6 Å². The standard InChI is InChI=1S/C15H16ClN3O2/c1-3-10-8-13(17-2)19-15(18-10)9-6-11(16)14-12(7-9)20-4-5-21-14/h6-8H,3-5H2,1-2H3,(H,17,18,19). The van der Waals surface area contributed by atoms with Crippen LogP contribution < -0.4 is 14.8 Å². The minimum absolute atomic E-state index is 0.512. The van der Waals surface area contributed by atoms with Gasteiger partial charge in [0.15, 0.2) is 17.3 Å². The molecular weight excluding hydrogens is 290 g/mol. The number of anilines is 1. The third kappa shape index (κ3) is 2.74. The maximum absolute atomic E-state index is 6.27. The van der Waals surface area contributed by atoms with Gasteiger partial charge in [-0.25, -0.2) is 9.97 Å². The number of rotatable bonds is 3. The fourth-order valence-electron chi connectivity index (χ4n) is 2.18. The molecule has 0 amide bonds. The number of benzene rings is 1. The van der Waals surface area contributed by atoms with Gasteiger partial charge in [0.25, 0.3) is 0 Å². The molecule has 1 aliphatic rings. The van der Waals surface area contributed by atoms with Crippen molar-refractivity contribution >= 4 is 17.4 Å². The number of hydrogen-bond acceptors (Lipinski definition) is 5. The van der Waals surface area contributed by atoms with Crippen LogP contribution in [0.3, 0.4) is 0 Å². The van der Waals surface area contributed by atoms with Crippen LogP contribution in [0, 0.1) is 0 Å². The second kappa shape index (κ2) is 5.77. The van der Waals surface area contributed by atoms with Gasteiger partial charge in [-0.1, -0.05) is 18.5 Å². The SMILES string of the molecule is CCc1cc(NC)nc(-c2cc(Cl)c3c(c2)OCCO3)n1. The number of nitrogens with one attached hydrogen (secondary N) is 1. The van der Waals surface area contributed by atoms with E-state index < -0.39 is 0 Å². The number of aryl methyl sites for hydroxylation is 1. The van der Waals surface area contributed by atoms with Gasteiger partial charge in [0.1, 0.15) is 19.0 Å². The molecule has 0 saturated heterocycles. The summed E-state index contributed by atoms with van der Waals surface area (Å²) in [5, 5.41) is 3.56. The van der Waals surface area contributed by atoms with Crippen molar-refractivity contribution in [2.45, 2.75) is 13.3 Å². The highest BCUT2D eigenvalue weighted by molar-refractivity contribution is 6.32. The molecule has 0 unspecified atom stereocenters. The van der Waals surface area contributed by atoms with Crippen LogP contribution in [0.1, 0.15) is 12.6 Å². The minimum atomic E-state index is 0.512. The van der Waals surface area contributed by atoms with E-state index in [1.54, 1.807) is 0 Å². The van der Waals surface area contributed by atoms with E-state index in [1.165, 1.54) is 0 Å². The van der Waals surface area contributed by atoms with Gasteiger partial charge in [-0.15, -0.1) is 0 Å². The van der Waals surface area contributed by atoms with E-state index >= 15 is 0 Å². The number of halogens is 1. The Morgan fingerprint density at radius 3 is 2.76 bits per heavy atom. The van der Waals surface area contributed by atoms with E-state index in [1.807, 2.05) is 25.2 Å². The third-order valence-corrected chi connectivity index (χ3v) is 3.53. The van der Waals surface area contributed by atoms with Crippen LogP contribution in [0.4, 0.5) is 5.82 Å². The Morgan fingerprint density at radius 1 is 1.19 bits per heavy atom. The monoisotopic (exact) mass is 305 g/mol. The highest BCUT2D eigenvalue weighted by Gasteiger charge is 2.18. The van der Waals surface area contributed by atoms with Gasteiger partial charge in [-0.2, -0.15) is 0 Å². The Balaban J connectivity index is 2.10. The molecule has 6 heteroatoms. The molecule has 0 saturated carbocycles. The molecule has 1 aliphatic heterocycles. The molecule has 21 heavy (non-hydrogen) atoms. The molecule has 0 spiro atoms. The number of aromatic nitrogens is 2. The van der Waals surface area contributed by atoms with Gasteiger partial charge in [0.2, 0.25) is 0 Å². The summed E-state index contributed by atoms with van der Waals surface area (Å²) in [5.41, 5.74) is 1.78. The summed E-state index contributed by atoms with van der Waals surface area (Å²) in [6.45, 7) is 3.09. The molecule has 0 radical (unpaired) electrons. The van der Waals surface area contributed by atoms with E-state index in [0.717, 1.165) is 23.5 Å². The maximum Gasteiger partial charge on any atom is 0.179 e. The van der Waals surface area contributed by atoms with E-state index in [-0.39, 0.29) is 0 Å². The first-order chi connectivity index (χ1) is 10.2. The predicted molar refractivity (Wildman–Crippen MR) is 82.4 cm³/mol. The van der Waals surface area contributed by atoms with Crippen LogP contribution in [0.2, 0.25) is 5.02 Å². The molecule has 2 heterocycles. The lowest BCUT2D eigenvalue weighted by atomic mass is 10.1. The molecule has 0 fully saturated rings. The maximum atomic E-state index is 6.27. The third-order valence-electron chi connectivity index (χ3n) is 3.25. The molecule has 0 aliphatic carbocycles. The van der Waals surface area contributed by atoms with E-state index in [4.69, 9.17) is 21.1 Å². The second-order valence-electron chi connectivity index (χ2n) is 4.65. The zero-order valence-corrected chi connectivity index (χ0v) is 12.7. The lowest BCUT2D eigenvalue weighted by Gasteiger charge is -2.20. The van der Waals surface area contributed by atoms with E-state index in [9.17, 15) is 0 Å². The zero-order chi connectivity index (χ0) is 14.8. The first-order valence-corrected chi connectivity index (χ1v) is 7.24. The van der Waals surface area contributed by atoms with Gasteiger partial charge < -0.3 is 14.8 Å². The van der Waals surface area contributed by atoms with Gasteiger partial charge >= 0.3 is 0 Å². The minimum Gasteiger partial charge on any atom is -0.486 e. The van der Waals surface area contributed by atoms with Crippen LogP contribution in [0.5, 0.6) is 11.5 Å². The Bertz CT molecular complexity index is 654. The van der Waals surface area contributed by atoms with Crippen LogP contribution in [0.25, 0.3) is 11.4 Å². The highest BCUT2D eigenvalue weighted by Crippen LogP contribution is 2.40. The molecule has 1 aromatic heterocycles. The molecule has 2 aromatic rings. The van der Waals surface area contributed by atoms with Gasteiger partial charge in [0.05, 0.1) is 5.02 Å². The Morgan fingerprint density at radius 2 is 2.00 bits per heavy atom. The van der Waals surface area contributed by atoms with Crippen molar-refractivity contribution in [3.05, 3.63) is 28.9 Å². The summed E-state index contributed by atoms with van der Waals surface area (Å²) in [6, 6.07) is 5.61. The van der Waals surface area contributed by atoms with Crippen LogP contribution >= 0.6 is 11.6 Å². The number of nitrogens with zero attached hydrogens (tertiary/aromatic N) is 2. The van der Waals surface area contributed by atoms with E-state index in [0.29, 0.717) is 35.6 Å². The lowest BCUT2D eigenvalue weighted by molar-refractivity contribution is 0.172. The smallest absolute Gasteiger partial charge is 0.179 e. The number of fused-ring (bicyclic) bond motifs is 1. The molecule has 1 aromatic carbocycles. The Kier molecular flexibility index (Phi) is 3.84. The molecule has 110 valence electrons. The molecule has 1 N–H and O–H groups in total. The molecule has 3 rings (SSSR count). The fraction of sp³-hybridized carbons (Fsp3) is 0.333. The highest BCUT2D eigenvalue weighted by atomic mass is 35.5. The van der Waals surface area contributed by atoms with Crippen molar-refractivity contribution in [1.82, 2.24) is 9.97 Å². The quantitative estimate of drug-likeness (QED) is 0.944. The van der Waals surface area contributed by atoms with Crippen molar-refractivity contribution in [3.8, 4) is 22.9 Å². The van der Waals surface area contributed by atoms with Crippen molar-refractivity contribution in [2.75, 3.05) is 25.6 Å². The first-order valence-electron chi connectivity index (χ1n) is 6.86. The van der Waals surface area contributed by atoms with Crippen molar-refractivity contribution in [1.29, 1.82) is 0 Å². The molecule has 5 nitrogen and oxygen atoms in total. The fourth-order valence-corrected chi connectivity index (χ4v) is 2.44. The molecule has 0 bridgehead atoms. The Labute approximate surface area is 128 Å². The second-order valence-corrected chi connectivity index (χ2v) is 5.06. The largest absolute Gasteiger partial charge is 0.486 e. The first kappa shape index (κ1) is 13.9. The molecular formula is C15H16ClN3O2. The van der Waals surface area contributed by atoms with Crippen LogP contribution in [-0.2, 0) is 6.42 Å². The van der Waals surface area contributed by atoms with Crippen LogP contribution in [0.15, 0.2) is 18.2 Å². The summed E-state index contributed by atoms with van der Waals surface area (Å²) < 4.78 is 11.1. The van der Waals surface area contributed by atoms with Crippen molar-refractivity contribution in [3.63, 3.8) is 0 Å². The normalized spacial score (nSPS) is 13.1. The van der Waals surface area contributed by atoms with Crippen molar-refractivity contribution in [2.24, 2.45) is 0 Å². The summed E-state index contributed by atoms with van der Waals surface area (Å²) >= 11 is 6.27. The topological polar surface area (TPSA) is 56.3 Å². The summed E-state index contributed by atoms with van der Waals surface area (Å²) in [5.74, 6) is 2.63. The average Bonchev–Trinajstić information content (AvgIpc) is 2.54. The number of ether oxygens (including phenoxy) is 2. The summed E-state index contributed by atoms with van der Waals surface area (Å²) in [6.07, 6.45) is 0.836. The van der Waals surface area contributed by atoms with Gasteiger partial charge in [0, 0.05) is 24.4 Å². The van der Waals surface area contributed by atoms with Crippen molar-refractivity contribution < 1.29 is 9.47 Å². The zero-order valence-electron chi connectivity index (χ0n) is 11.9. The number of hydrogen-bond donors (Lipinski definition) is 1. The van der Waals surface area contributed by atoms with Crippen LogP contribution in [-0.4, -0.2) is 30.2 Å². The average molecular weight is 306 g/mol. The summed E-state index contributed by atoms with van der Waals surface area (Å²) in [4.78, 5) is 9.04. The van der Waals surface area contributed by atoms with E-state index in [2.05, 4.69) is 22.2 Å². The molecule has 0 atom stereocenters. The predicted octanol–water partition coefficient (Wildman–Crippen LogP) is 3.17. The van der Waals surface area contributed by atoms with Gasteiger partial charge in [-0.3, -0.25) is 0 Å².